The highest BCUT2D eigenvalue weighted by molar-refractivity contribution is 7.21. The molecule has 1 heterocycles. The summed E-state index contributed by atoms with van der Waals surface area (Å²) in [5, 5.41) is 4.67. The van der Waals surface area contributed by atoms with Crippen LogP contribution in [0.1, 0.15) is 35.9 Å². The largest absolute Gasteiger partial charge is 0.397 e. The molecule has 5 heteroatoms. The van der Waals surface area contributed by atoms with E-state index in [2.05, 4.69) is 12.2 Å². The second kappa shape index (κ2) is 5.26. The number of amides is 1. The Labute approximate surface area is 127 Å². The summed E-state index contributed by atoms with van der Waals surface area (Å²) >= 11 is 7.39. The predicted molar refractivity (Wildman–Crippen MR) is 85.5 cm³/mol. The van der Waals surface area contributed by atoms with Gasteiger partial charge < -0.3 is 11.1 Å². The number of nitrogens with one attached hydrogen (secondary N) is 1. The fraction of sp³-hybridized carbons (Fsp3) is 0.400. The van der Waals surface area contributed by atoms with Crippen LogP contribution >= 0.6 is 22.9 Å². The van der Waals surface area contributed by atoms with Crippen LogP contribution in [0.15, 0.2) is 18.2 Å². The Morgan fingerprint density at radius 1 is 1.45 bits per heavy atom. The number of carbonyl (C=O) groups excluding carboxylic acids is 1. The van der Waals surface area contributed by atoms with Crippen molar-refractivity contribution in [3.63, 3.8) is 0 Å². The van der Waals surface area contributed by atoms with Gasteiger partial charge in [0.05, 0.1) is 5.69 Å². The number of benzene rings is 1. The molecule has 1 aromatic heterocycles. The van der Waals surface area contributed by atoms with Crippen LogP contribution in [-0.4, -0.2) is 11.9 Å². The van der Waals surface area contributed by atoms with Crippen molar-refractivity contribution in [2.24, 2.45) is 5.92 Å². The van der Waals surface area contributed by atoms with Crippen molar-refractivity contribution in [2.75, 3.05) is 5.73 Å². The molecular weight excluding hydrogens is 292 g/mol. The van der Waals surface area contributed by atoms with Gasteiger partial charge >= 0.3 is 0 Å². The molecule has 2 unspecified atom stereocenters. The lowest BCUT2D eigenvalue weighted by molar-refractivity contribution is 0.0942. The molecule has 1 saturated carbocycles. The third-order valence-electron chi connectivity index (χ3n) is 3.93. The second-order valence-electron chi connectivity index (χ2n) is 5.57. The van der Waals surface area contributed by atoms with Gasteiger partial charge in [0.25, 0.3) is 5.91 Å². The van der Waals surface area contributed by atoms with Crippen molar-refractivity contribution in [3.8, 4) is 0 Å². The van der Waals surface area contributed by atoms with Crippen LogP contribution in [0, 0.1) is 5.92 Å². The fourth-order valence-electron chi connectivity index (χ4n) is 2.85. The minimum Gasteiger partial charge on any atom is -0.397 e. The van der Waals surface area contributed by atoms with Crippen molar-refractivity contribution in [3.05, 3.63) is 28.1 Å². The highest BCUT2D eigenvalue weighted by Crippen LogP contribution is 2.35. The highest BCUT2D eigenvalue weighted by atomic mass is 35.5. The third-order valence-corrected chi connectivity index (χ3v) is 5.33. The molecule has 0 radical (unpaired) electrons. The van der Waals surface area contributed by atoms with E-state index in [4.69, 9.17) is 17.3 Å². The van der Waals surface area contributed by atoms with E-state index in [9.17, 15) is 4.79 Å². The number of nitrogens with two attached hydrogens (primary N) is 1. The molecule has 2 atom stereocenters. The lowest BCUT2D eigenvalue weighted by Crippen LogP contribution is -2.32. The average molecular weight is 309 g/mol. The summed E-state index contributed by atoms with van der Waals surface area (Å²) in [7, 11) is 0. The van der Waals surface area contributed by atoms with E-state index in [-0.39, 0.29) is 11.9 Å². The molecule has 1 aromatic carbocycles. The van der Waals surface area contributed by atoms with Gasteiger partial charge in [-0.25, -0.2) is 0 Å². The van der Waals surface area contributed by atoms with E-state index in [1.165, 1.54) is 17.8 Å². The fourth-order valence-corrected chi connectivity index (χ4v) is 4.15. The maximum Gasteiger partial charge on any atom is 0.263 e. The van der Waals surface area contributed by atoms with Gasteiger partial charge in [0.1, 0.15) is 4.88 Å². The molecule has 0 saturated heterocycles. The van der Waals surface area contributed by atoms with Crippen LogP contribution in [0.25, 0.3) is 10.1 Å². The Bertz CT molecular complexity index is 667. The first-order valence-corrected chi connectivity index (χ1v) is 8.02. The monoisotopic (exact) mass is 308 g/mol. The molecule has 3 N–H and O–H groups in total. The second-order valence-corrected chi connectivity index (χ2v) is 7.06. The molecule has 0 bridgehead atoms. The van der Waals surface area contributed by atoms with Crippen LogP contribution < -0.4 is 11.1 Å². The number of hydrogen-bond acceptors (Lipinski definition) is 3. The zero-order valence-electron chi connectivity index (χ0n) is 11.3. The number of carbonyl (C=O) groups is 1. The van der Waals surface area contributed by atoms with Gasteiger partial charge in [-0.1, -0.05) is 18.5 Å². The van der Waals surface area contributed by atoms with Gasteiger partial charge in [0, 0.05) is 21.2 Å². The molecule has 0 aliphatic heterocycles. The molecule has 1 aliphatic carbocycles. The smallest absolute Gasteiger partial charge is 0.263 e. The first-order valence-electron chi connectivity index (χ1n) is 6.83. The summed E-state index contributed by atoms with van der Waals surface area (Å²) in [6.45, 7) is 2.22. The topological polar surface area (TPSA) is 55.1 Å². The van der Waals surface area contributed by atoms with Gasteiger partial charge in [0.15, 0.2) is 0 Å². The molecule has 20 heavy (non-hydrogen) atoms. The van der Waals surface area contributed by atoms with Crippen molar-refractivity contribution < 1.29 is 4.79 Å². The molecule has 3 nitrogen and oxygen atoms in total. The Kier molecular flexibility index (Phi) is 3.61. The number of rotatable bonds is 2. The summed E-state index contributed by atoms with van der Waals surface area (Å²) in [6, 6.07) is 5.81. The lowest BCUT2D eigenvalue weighted by atomic mass is 10.1. The average Bonchev–Trinajstić information content (AvgIpc) is 2.94. The normalized spacial score (nSPS) is 22.3. The Morgan fingerprint density at radius 2 is 2.25 bits per heavy atom. The zero-order valence-corrected chi connectivity index (χ0v) is 12.9. The van der Waals surface area contributed by atoms with Gasteiger partial charge in [-0.05, 0) is 43.4 Å². The summed E-state index contributed by atoms with van der Waals surface area (Å²) in [5.41, 5.74) is 6.66. The summed E-state index contributed by atoms with van der Waals surface area (Å²) < 4.78 is 0.958. The Morgan fingerprint density at radius 3 is 2.95 bits per heavy atom. The number of fused-ring (bicyclic) bond motifs is 1. The zero-order chi connectivity index (χ0) is 14.3. The Hall–Kier alpha value is -1.26. The van der Waals surface area contributed by atoms with Gasteiger partial charge in [-0.15, -0.1) is 11.3 Å². The van der Waals surface area contributed by atoms with Crippen LogP contribution in [-0.2, 0) is 0 Å². The molecule has 106 valence electrons. The van der Waals surface area contributed by atoms with Crippen molar-refractivity contribution in [1.29, 1.82) is 0 Å². The summed E-state index contributed by atoms with van der Waals surface area (Å²) in [4.78, 5) is 13.0. The minimum atomic E-state index is -0.0566. The number of hydrogen-bond donors (Lipinski definition) is 2. The lowest BCUT2D eigenvalue weighted by Gasteiger charge is -2.11. The Balaban J connectivity index is 1.86. The molecule has 2 aromatic rings. The number of halogens is 1. The molecule has 3 rings (SSSR count). The molecule has 1 fully saturated rings. The first-order chi connectivity index (χ1) is 9.54. The van der Waals surface area contributed by atoms with Crippen molar-refractivity contribution in [2.45, 2.75) is 32.2 Å². The number of thiophene rings is 1. The van der Waals surface area contributed by atoms with E-state index in [1.54, 1.807) is 6.07 Å². The highest BCUT2D eigenvalue weighted by Gasteiger charge is 2.25. The van der Waals surface area contributed by atoms with Gasteiger partial charge in [-0.3, -0.25) is 4.79 Å². The summed E-state index contributed by atoms with van der Waals surface area (Å²) in [6.07, 6.45) is 3.30. The SMILES string of the molecule is CC1CCC(NC(=O)c2sc3cc(Cl)ccc3c2N)C1. The number of anilines is 1. The van der Waals surface area contributed by atoms with E-state index in [0.29, 0.717) is 21.5 Å². The van der Waals surface area contributed by atoms with E-state index >= 15 is 0 Å². The molecule has 1 amide bonds. The maximum atomic E-state index is 12.4. The summed E-state index contributed by atoms with van der Waals surface area (Å²) in [5.74, 6) is 0.637. The maximum absolute atomic E-state index is 12.4. The number of nitrogen functional groups attached to an aromatic ring is 1. The van der Waals surface area contributed by atoms with Crippen LogP contribution in [0.5, 0.6) is 0 Å². The van der Waals surface area contributed by atoms with E-state index in [1.807, 2.05) is 12.1 Å². The van der Waals surface area contributed by atoms with E-state index < -0.39 is 0 Å². The minimum absolute atomic E-state index is 0.0566. The van der Waals surface area contributed by atoms with Gasteiger partial charge in [-0.2, -0.15) is 0 Å². The standard InChI is InChI=1S/C15H17ClN2OS/c1-8-2-4-10(6-8)18-15(19)14-13(17)11-5-3-9(16)7-12(11)20-14/h3,5,7-8,10H,2,4,6,17H2,1H3,(H,18,19). The quantitative estimate of drug-likeness (QED) is 0.879. The van der Waals surface area contributed by atoms with Crippen molar-refractivity contribution >= 4 is 44.6 Å². The van der Waals surface area contributed by atoms with Crippen molar-refractivity contribution in [1.82, 2.24) is 5.32 Å². The van der Waals surface area contributed by atoms with Gasteiger partial charge in [0.2, 0.25) is 0 Å². The molecule has 1 aliphatic rings. The predicted octanol–water partition coefficient (Wildman–Crippen LogP) is 4.06. The van der Waals surface area contributed by atoms with Crippen LogP contribution in [0.3, 0.4) is 0 Å². The van der Waals surface area contributed by atoms with Crippen LogP contribution in [0.4, 0.5) is 5.69 Å². The molecule has 0 spiro atoms. The van der Waals surface area contributed by atoms with E-state index in [0.717, 1.165) is 22.9 Å². The van der Waals surface area contributed by atoms with Crippen LogP contribution in [0.2, 0.25) is 5.02 Å². The first kappa shape index (κ1) is 13.7. The molecular formula is C15H17ClN2OS. The third kappa shape index (κ3) is 2.50.